The molecule has 3 aromatic rings. The maximum absolute atomic E-state index is 11.5. The van der Waals surface area contributed by atoms with Gasteiger partial charge in [-0.2, -0.15) is 0 Å². The van der Waals surface area contributed by atoms with Crippen LogP contribution in [-0.2, 0) is 11.3 Å². The molecule has 2 aromatic carbocycles. The Bertz CT molecular complexity index is 1320. The van der Waals surface area contributed by atoms with Crippen LogP contribution >= 0.6 is 0 Å². The Morgan fingerprint density at radius 2 is 1.73 bits per heavy atom. The number of aromatic nitrogens is 2. The van der Waals surface area contributed by atoms with E-state index in [2.05, 4.69) is 58.1 Å². The number of rotatable bonds is 9. The number of benzene rings is 2. The Morgan fingerprint density at radius 3 is 2.41 bits per heavy atom. The Kier molecular flexibility index (Phi) is 7.96. The van der Waals surface area contributed by atoms with Crippen LogP contribution in [0.25, 0.3) is 22.5 Å². The zero-order valence-electron chi connectivity index (χ0n) is 21.7. The zero-order valence-corrected chi connectivity index (χ0v) is 21.7. The number of hydrogen-bond acceptors (Lipinski definition) is 7. The summed E-state index contributed by atoms with van der Waals surface area (Å²) in [6.07, 6.45) is 3.02. The fourth-order valence-electron chi connectivity index (χ4n) is 5.10. The lowest BCUT2D eigenvalue weighted by atomic mass is 9.98. The first-order valence-electron chi connectivity index (χ1n) is 13.2. The van der Waals surface area contributed by atoms with Gasteiger partial charge < -0.3 is 9.64 Å². The molecule has 2 aliphatic heterocycles. The Morgan fingerprint density at radius 1 is 0.973 bits per heavy atom. The molecule has 0 amide bonds. The molecule has 1 saturated heterocycles. The Hall–Kier alpha value is -3.49. The molecule has 0 aliphatic carbocycles. The van der Waals surface area contributed by atoms with Gasteiger partial charge in [0.2, 0.25) is 0 Å². The van der Waals surface area contributed by atoms with Gasteiger partial charge >= 0.3 is 5.76 Å². The van der Waals surface area contributed by atoms with Crippen molar-refractivity contribution < 1.29 is 9.26 Å². The number of morpholine rings is 1. The summed E-state index contributed by atoms with van der Waals surface area (Å²) < 4.78 is 10.3. The topological polar surface area (TPSA) is 87.0 Å². The highest BCUT2D eigenvalue weighted by Crippen LogP contribution is 2.30. The van der Waals surface area contributed by atoms with Gasteiger partial charge in [0.25, 0.3) is 0 Å². The van der Waals surface area contributed by atoms with Gasteiger partial charge in [-0.1, -0.05) is 67.5 Å². The highest BCUT2D eigenvalue weighted by Gasteiger charge is 2.23. The van der Waals surface area contributed by atoms with E-state index in [9.17, 15) is 4.79 Å². The van der Waals surface area contributed by atoms with Crippen LogP contribution < -0.4 is 5.76 Å². The molecule has 3 heterocycles. The minimum atomic E-state index is -0.556. The molecule has 1 aromatic heterocycles. The van der Waals surface area contributed by atoms with E-state index in [4.69, 9.17) is 14.3 Å². The van der Waals surface area contributed by atoms with Gasteiger partial charge in [-0.05, 0) is 35.1 Å². The molecule has 8 nitrogen and oxygen atoms in total. The highest BCUT2D eigenvalue weighted by atomic mass is 16.5. The van der Waals surface area contributed by atoms with Crippen LogP contribution in [0.15, 0.2) is 74.1 Å². The SMILES string of the molecule is CCCC1=NC(CC)=C(CN2CCOCC2)CN1Cc1ccc(-c2ccccc2-c2noc(=O)[nH]2)cc1. The van der Waals surface area contributed by atoms with Crippen LogP contribution in [0.4, 0.5) is 0 Å². The van der Waals surface area contributed by atoms with E-state index in [1.165, 1.54) is 22.7 Å². The molecule has 5 rings (SSSR count). The van der Waals surface area contributed by atoms with Gasteiger partial charge in [0.1, 0.15) is 5.84 Å². The van der Waals surface area contributed by atoms with Crippen molar-refractivity contribution in [3.8, 4) is 22.5 Å². The predicted octanol–water partition coefficient (Wildman–Crippen LogP) is 4.71. The first kappa shape index (κ1) is 25.2. The van der Waals surface area contributed by atoms with Gasteiger partial charge in [-0.3, -0.25) is 14.4 Å². The number of amidine groups is 1. The fraction of sp³-hybridized carbons (Fsp3) is 0.414. The van der Waals surface area contributed by atoms with E-state index in [-0.39, 0.29) is 0 Å². The number of allylic oxidation sites excluding steroid dienone is 1. The molecule has 0 unspecified atom stereocenters. The number of nitrogens with zero attached hydrogens (tertiary/aromatic N) is 4. The van der Waals surface area contributed by atoms with Crippen molar-refractivity contribution in [2.75, 3.05) is 39.4 Å². The summed E-state index contributed by atoms with van der Waals surface area (Å²) in [5.41, 5.74) is 6.81. The molecule has 1 fully saturated rings. The van der Waals surface area contributed by atoms with E-state index in [0.29, 0.717) is 5.82 Å². The van der Waals surface area contributed by atoms with Crippen molar-refractivity contribution in [2.24, 2.45) is 4.99 Å². The van der Waals surface area contributed by atoms with Crippen LogP contribution in [0, 0.1) is 0 Å². The number of aromatic amines is 1. The summed E-state index contributed by atoms with van der Waals surface area (Å²) in [5.74, 6) is 1.07. The first-order valence-corrected chi connectivity index (χ1v) is 13.2. The summed E-state index contributed by atoms with van der Waals surface area (Å²) in [6.45, 7) is 10.7. The summed E-state index contributed by atoms with van der Waals surface area (Å²) in [4.78, 5) is 24.2. The van der Waals surface area contributed by atoms with Crippen molar-refractivity contribution in [3.05, 3.63) is 75.9 Å². The zero-order chi connectivity index (χ0) is 25.6. The smallest absolute Gasteiger partial charge is 0.379 e. The van der Waals surface area contributed by atoms with Crippen molar-refractivity contribution in [1.29, 1.82) is 0 Å². The number of ether oxygens (including phenoxy) is 1. The number of aliphatic imine (C=N–C) groups is 1. The maximum Gasteiger partial charge on any atom is 0.439 e. The lowest BCUT2D eigenvalue weighted by molar-refractivity contribution is 0.0415. The average molecular weight is 502 g/mol. The Labute approximate surface area is 217 Å². The molecule has 194 valence electrons. The van der Waals surface area contributed by atoms with E-state index in [1.54, 1.807) is 0 Å². The van der Waals surface area contributed by atoms with Crippen LogP contribution in [-0.4, -0.2) is 65.2 Å². The van der Waals surface area contributed by atoms with Gasteiger partial charge in [-0.15, -0.1) is 0 Å². The molecule has 2 aliphatic rings. The number of hydrogen-bond donors (Lipinski definition) is 1. The molecule has 0 saturated carbocycles. The second-order valence-corrected chi connectivity index (χ2v) is 9.61. The third-order valence-electron chi connectivity index (χ3n) is 7.01. The lowest BCUT2D eigenvalue weighted by Crippen LogP contribution is -2.42. The van der Waals surface area contributed by atoms with Gasteiger partial charge in [0.05, 0.1) is 13.2 Å². The monoisotopic (exact) mass is 501 g/mol. The van der Waals surface area contributed by atoms with Crippen molar-refractivity contribution in [2.45, 2.75) is 39.7 Å². The third-order valence-corrected chi connectivity index (χ3v) is 7.01. The van der Waals surface area contributed by atoms with Gasteiger partial charge in [-0.25, -0.2) is 9.79 Å². The standard InChI is InChI=1S/C29H35N5O3/c1-3-7-27-30-26(4-2)23(19-33-14-16-36-17-15-33)20-34(27)18-21-10-12-22(13-11-21)24-8-5-6-9-25(24)28-31-29(35)37-32-28/h5-6,8-13H,3-4,7,14-20H2,1-2H3,(H,31,32,35). The average Bonchev–Trinajstić information content (AvgIpc) is 3.37. The quantitative estimate of drug-likeness (QED) is 0.457. The molecular weight excluding hydrogens is 466 g/mol. The summed E-state index contributed by atoms with van der Waals surface area (Å²) >= 11 is 0. The fourth-order valence-corrected chi connectivity index (χ4v) is 5.10. The first-order chi connectivity index (χ1) is 18.1. The third kappa shape index (κ3) is 5.92. The second-order valence-electron chi connectivity index (χ2n) is 9.61. The molecule has 0 spiro atoms. The highest BCUT2D eigenvalue weighted by molar-refractivity contribution is 5.85. The second kappa shape index (κ2) is 11.7. The van der Waals surface area contributed by atoms with Crippen molar-refractivity contribution in [3.63, 3.8) is 0 Å². The van der Waals surface area contributed by atoms with Gasteiger partial charge in [0.15, 0.2) is 5.82 Å². The summed E-state index contributed by atoms with van der Waals surface area (Å²) in [6, 6.07) is 16.5. The minimum absolute atomic E-state index is 0.435. The normalized spacial score (nSPS) is 16.8. The molecule has 1 N–H and O–H groups in total. The van der Waals surface area contributed by atoms with Crippen LogP contribution in [0.2, 0.25) is 0 Å². The Balaban J connectivity index is 1.35. The minimum Gasteiger partial charge on any atom is -0.379 e. The number of H-pyrrole nitrogens is 1. The summed E-state index contributed by atoms with van der Waals surface area (Å²) in [5, 5.41) is 3.88. The van der Waals surface area contributed by atoms with E-state index in [0.717, 1.165) is 81.9 Å². The summed E-state index contributed by atoms with van der Waals surface area (Å²) in [7, 11) is 0. The van der Waals surface area contributed by atoms with E-state index < -0.39 is 5.76 Å². The van der Waals surface area contributed by atoms with Crippen molar-refractivity contribution in [1.82, 2.24) is 19.9 Å². The molecule has 8 heteroatoms. The van der Waals surface area contributed by atoms with E-state index in [1.807, 2.05) is 24.3 Å². The number of nitrogens with one attached hydrogen (secondary N) is 1. The molecule has 37 heavy (non-hydrogen) atoms. The largest absolute Gasteiger partial charge is 0.439 e. The van der Waals surface area contributed by atoms with Crippen LogP contribution in [0.5, 0.6) is 0 Å². The van der Waals surface area contributed by atoms with Crippen molar-refractivity contribution >= 4 is 5.84 Å². The molecule has 0 radical (unpaired) electrons. The molecule has 0 bridgehead atoms. The van der Waals surface area contributed by atoms with Crippen LogP contribution in [0.1, 0.15) is 38.7 Å². The lowest BCUT2D eigenvalue weighted by Gasteiger charge is -2.35. The molecular formula is C29H35N5O3. The van der Waals surface area contributed by atoms with E-state index >= 15 is 0 Å². The maximum atomic E-state index is 11.5. The predicted molar refractivity (Wildman–Crippen MR) is 145 cm³/mol. The molecule has 0 atom stereocenters. The van der Waals surface area contributed by atoms with Crippen LogP contribution in [0.3, 0.4) is 0 Å². The van der Waals surface area contributed by atoms with Gasteiger partial charge in [0, 0.05) is 50.4 Å².